The lowest BCUT2D eigenvalue weighted by Crippen LogP contribution is -2.12. The van der Waals surface area contributed by atoms with Gasteiger partial charge in [0.05, 0.1) is 12.9 Å². The zero-order valence-electron chi connectivity index (χ0n) is 10.8. The van der Waals surface area contributed by atoms with Gasteiger partial charge in [0, 0.05) is 25.9 Å². The highest BCUT2D eigenvalue weighted by Gasteiger charge is 2.10. The first-order chi connectivity index (χ1) is 8.77. The summed E-state index contributed by atoms with van der Waals surface area (Å²) in [6.07, 6.45) is 5.32. The number of nitrogens with two attached hydrogens (primary N) is 1. The van der Waals surface area contributed by atoms with E-state index in [1.807, 2.05) is 0 Å². The fraction of sp³-hybridized carbons (Fsp3) is 0.667. The number of hydrogen-bond acceptors (Lipinski definition) is 5. The smallest absolute Gasteiger partial charge is 0.358 e. The first kappa shape index (κ1) is 14.7. The van der Waals surface area contributed by atoms with Crippen LogP contribution < -0.4 is 5.73 Å². The summed E-state index contributed by atoms with van der Waals surface area (Å²) in [6.45, 7) is 4.64. The summed E-state index contributed by atoms with van der Waals surface area (Å²) in [5, 5.41) is 0. The Labute approximate surface area is 107 Å². The van der Waals surface area contributed by atoms with Crippen LogP contribution in [0.15, 0.2) is 12.5 Å². The van der Waals surface area contributed by atoms with Gasteiger partial charge >= 0.3 is 5.97 Å². The van der Waals surface area contributed by atoms with Crippen LogP contribution in [0.25, 0.3) is 0 Å². The summed E-state index contributed by atoms with van der Waals surface area (Å²) in [4.78, 5) is 15.5. The number of carbonyl (C=O) groups is 1. The van der Waals surface area contributed by atoms with Crippen molar-refractivity contribution in [3.8, 4) is 0 Å². The first-order valence-electron chi connectivity index (χ1n) is 6.24. The normalized spacial score (nSPS) is 10.6. The van der Waals surface area contributed by atoms with Gasteiger partial charge in [0.15, 0.2) is 5.69 Å². The molecular formula is C12H21N3O3. The lowest BCUT2D eigenvalue weighted by atomic mass is 10.4. The Kier molecular flexibility index (Phi) is 7.05. The van der Waals surface area contributed by atoms with Crippen LogP contribution in [0.5, 0.6) is 0 Å². The fourth-order valence-corrected chi connectivity index (χ4v) is 1.35. The highest BCUT2D eigenvalue weighted by molar-refractivity contribution is 5.86. The van der Waals surface area contributed by atoms with Crippen molar-refractivity contribution in [3.05, 3.63) is 18.2 Å². The Hall–Kier alpha value is -1.40. The van der Waals surface area contributed by atoms with Crippen LogP contribution >= 0.6 is 0 Å². The van der Waals surface area contributed by atoms with Gasteiger partial charge < -0.3 is 19.8 Å². The predicted molar refractivity (Wildman–Crippen MR) is 67.3 cm³/mol. The summed E-state index contributed by atoms with van der Waals surface area (Å²) in [6, 6.07) is 0. The number of unbranched alkanes of at least 4 members (excludes halogenated alkanes) is 1. The van der Waals surface area contributed by atoms with Crippen LogP contribution in [0, 0.1) is 0 Å². The maximum Gasteiger partial charge on any atom is 0.358 e. The van der Waals surface area contributed by atoms with Crippen molar-refractivity contribution in [3.63, 3.8) is 0 Å². The summed E-state index contributed by atoms with van der Waals surface area (Å²) < 4.78 is 12.1. The third-order valence-electron chi connectivity index (χ3n) is 2.33. The van der Waals surface area contributed by atoms with E-state index in [0.29, 0.717) is 32.0 Å². The average Bonchev–Trinajstić information content (AvgIpc) is 2.82. The molecule has 0 amide bonds. The number of imidazole rings is 1. The Morgan fingerprint density at radius 1 is 1.44 bits per heavy atom. The molecule has 0 aliphatic rings. The minimum absolute atomic E-state index is 0.256. The minimum Gasteiger partial charge on any atom is -0.458 e. The van der Waals surface area contributed by atoms with Crippen molar-refractivity contribution >= 4 is 5.97 Å². The maximum atomic E-state index is 11.6. The highest BCUT2D eigenvalue weighted by Crippen LogP contribution is 1.99. The fourth-order valence-electron chi connectivity index (χ4n) is 1.35. The molecule has 0 unspecified atom stereocenters. The lowest BCUT2D eigenvalue weighted by Gasteiger charge is -2.04. The molecule has 1 rings (SSSR count). The Balaban J connectivity index is 2.19. The molecule has 2 N–H and O–H groups in total. The zero-order valence-corrected chi connectivity index (χ0v) is 10.8. The number of hydrogen-bond donors (Lipinski definition) is 1. The van der Waals surface area contributed by atoms with Gasteiger partial charge in [-0.1, -0.05) is 13.3 Å². The number of rotatable bonds is 9. The van der Waals surface area contributed by atoms with E-state index in [4.69, 9.17) is 15.2 Å². The van der Waals surface area contributed by atoms with Crippen LogP contribution in [-0.4, -0.2) is 41.9 Å². The molecule has 0 aromatic carbocycles. The molecule has 0 aliphatic heterocycles. The van der Waals surface area contributed by atoms with Gasteiger partial charge in [-0.3, -0.25) is 0 Å². The van der Waals surface area contributed by atoms with Crippen molar-refractivity contribution in [2.24, 2.45) is 5.73 Å². The standard InChI is InChI=1S/C12H21N3O3/c1-2-3-6-17-7-8-18-12(16)11-9-15(5-4-13)10-14-11/h9-10H,2-8,13H2,1H3. The van der Waals surface area contributed by atoms with Crippen LogP contribution in [0.3, 0.4) is 0 Å². The first-order valence-corrected chi connectivity index (χ1v) is 6.24. The zero-order chi connectivity index (χ0) is 13.2. The molecular weight excluding hydrogens is 234 g/mol. The maximum absolute atomic E-state index is 11.6. The molecule has 0 saturated carbocycles. The van der Waals surface area contributed by atoms with E-state index < -0.39 is 5.97 Å². The second-order valence-corrected chi connectivity index (χ2v) is 3.89. The molecule has 102 valence electrons. The second-order valence-electron chi connectivity index (χ2n) is 3.89. The van der Waals surface area contributed by atoms with Gasteiger partial charge in [-0.25, -0.2) is 9.78 Å². The van der Waals surface area contributed by atoms with Gasteiger partial charge in [-0.05, 0) is 6.42 Å². The monoisotopic (exact) mass is 255 g/mol. The number of carbonyl (C=O) groups excluding carboxylic acids is 1. The molecule has 0 bridgehead atoms. The molecule has 18 heavy (non-hydrogen) atoms. The molecule has 0 spiro atoms. The van der Waals surface area contributed by atoms with Crippen LogP contribution in [0.4, 0.5) is 0 Å². The average molecular weight is 255 g/mol. The van der Waals surface area contributed by atoms with E-state index in [1.54, 1.807) is 17.1 Å². The Morgan fingerprint density at radius 2 is 2.28 bits per heavy atom. The molecule has 1 aromatic heterocycles. The Bertz CT molecular complexity index is 352. The largest absolute Gasteiger partial charge is 0.458 e. The van der Waals surface area contributed by atoms with Crippen molar-refractivity contribution < 1.29 is 14.3 Å². The van der Waals surface area contributed by atoms with E-state index in [2.05, 4.69) is 11.9 Å². The van der Waals surface area contributed by atoms with Gasteiger partial charge in [-0.2, -0.15) is 0 Å². The molecule has 6 nitrogen and oxygen atoms in total. The molecule has 0 fully saturated rings. The number of esters is 1. The predicted octanol–water partition coefficient (Wildman–Crippen LogP) is 0.815. The van der Waals surface area contributed by atoms with Crippen LogP contribution in [0.2, 0.25) is 0 Å². The second kappa shape index (κ2) is 8.66. The third-order valence-corrected chi connectivity index (χ3v) is 2.33. The molecule has 1 aromatic rings. The van der Waals surface area contributed by atoms with Gasteiger partial charge in [0.2, 0.25) is 0 Å². The quantitative estimate of drug-likeness (QED) is 0.522. The lowest BCUT2D eigenvalue weighted by molar-refractivity contribution is 0.0308. The molecule has 6 heteroatoms. The third kappa shape index (κ3) is 5.29. The highest BCUT2D eigenvalue weighted by atomic mass is 16.6. The molecule has 0 saturated heterocycles. The molecule has 0 aliphatic carbocycles. The van der Waals surface area contributed by atoms with Gasteiger partial charge in [-0.15, -0.1) is 0 Å². The van der Waals surface area contributed by atoms with Gasteiger partial charge in [0.1, 0.15) is 6.61 Å². The van der Waals surface area contributed by atoms with E-state index in [1.165, 1.54) is 0 Å². The molecule has 1 heterocycles. The number of ether oxygens (including phenoxy) is 2. The summed E-state index contributed by atoms with van der Waals surface area (Å²) in [5.41, 5.74) is 5.71. The topological polar surface area (TPSA) is 79.4 Å². The van der Waals surface area contributed by atoms with E-state index in [-0.39, 0.29) is 6.61 Å². The van der Waals surface area contributed by atoms with Crippen molar-refractivity contribution in [1.82, 2.24) is 9.55 Å². The van der Waals surface area contributed by atoms with Crippen molar-refractivity contribution in [2.75, 3.05) is 26.4 Å². The molecule has 0 atom stereocenters. The Morgan fingerprint density at radius 3 is 3.00 bits per heavy atom. The number of aromatic nitrogens is 2. The summed E-state index contributed by atoms with van der Waals surface area (Å²) in [5.74, 6) is -0.426. The minimum atomic E-state index is -0.426. The van der Waals surface area contributed by atoms with Gasteiger partial charge in [0.25, 0.3) is 0 Å². The summed E-state index contributed by atoms with van der Waals surface area (Å²) in [7, 11) is 0. The molecule has 0 radical (unpaired) electrons. The number of nitrogens with zero attached hydrogens (tertiary/aromatic N) is 2. The van der Waals surface area contributed by atoms with E-state index in [0.717, 1.165) is 12.8 Å². The van der Waals surface area contributed by atoms with E-state index >= 15 is 0 Å². The SMILES string of the molecule is CCCCOCCOC(=O)c1cn(CCN)cn1. The van der Waals surface area contributed by atoms with Crippen LogP contribution in [-0.2, 0) is 16.0 Å². The van der Waals surface area contributed by atoms with Crippen molar-refractivity contribution in [1.29, 1.82) is 0 Å². The van der Waals surface area contributed by atoms with E-state index in [9.17, 15) is 4.79 Å². The summed E-state index contributed by atoms with van der Waals surface area (Å²) >= 11 is 0. The van der Waals surface area contributed by atoms with Crippen LogP contribution in [0.1, 0.15) is 30.3 Å². The van der Waals surface area contributed by atoms with Crippen molar-refractivity contribution in [2.45, 2.75) is 26.3 Å².